The number of hydrogen-bond donors (Lipinski definition) is 1. The molecule has 1 aliphatic heterocycles. The van der Waals surface area contributed by atoms with Crippen LogP contribution in [0.5, 0.6) is 0 Å². The molecule has 0 aromatic heterocycles. The van der Waals surface area contributed by atoms with Crippen molar-refractivity contribution in [3.8, 4) is 0 Å². The van der Waals surface area contributed by atoms with Gasteiger partial charge < -0.3 is 14.6 Å². The maximum Gasteiger partial charge on any atom is 0.163 e. The summed E-state index contributed by atoms with van der Waals surface area (Å²) in [5, 5.41) is 9.94. The molecule has 31 heavy (non-hydrogen) atoms. The third-order valence-corrected chi connectivity index (χ3v) is 10.0. The number of ether oxygens (including phenoxy) is 2. The van der Waals surface area contributed by atoms with Gasteiger partial charge in [-0.3, -0.25) is 0 Å². The fourth-order valence-electron chi connectivity index (χ4n) is 5.12. The van der Waals surface area contributed by atoms with Gasteiger partial charge in [0.15, 0.2) is 5.79 Å². The van der Waals surface area contributed by atoms with Gasteiger partial charge in [0.05, 0.1) is 34.0 Å². The average molecular weight is 466 g/mol. The quantitative estimate of drug-likeness (QED) is 0.458. The molecular formula is C24H46B2O3P2. The molecule has 1 heterocycles. The smallest absolute Gasteiger partial charge is 0.163 e. The highest BCUT2D eigenvalue weighted by molar-refractivity contribution is 7.72. The summed E-state index contributed by atoms with van der Waals surface area (Å²) >= 11 is 0. The number of aliphatic hydroxyl groups is 1. The SMILES string of the molecule is [B]C1CC(CCP(=C)(C)C)C(O)C1C.[B]C1CC(CCP(=C)(C)C)C2OC(C)(C)OC12. The van der Waals surface area contributed by atoms with Gasteiger partial charge >= 0.3 is 0 Å². The van der Waals surface area contributed by atoms with Gasteiger partial charge in [-0.05, 0) is 89.2 Å². The molecule has 0 amide bonds. The van der Waals surface area contributed by atoms with Crippen LogP contribution in [0.4, 0.5) is 0 Å². The third-order valence-electron chi connectivity index (χ3n) is 7.11. The molecule has 1 N–H and O–H groups in total. The van der Waals surface area contributed by atoms with E-state index in [4.69, 9.17) is 25.2 Å². The van der Waals surface area contributed by atoms with Crippen molar-refractivity contribution < 1.29 is 14.6 Å². The van der Waals surface area contributed by atoms with Crippen molar-refractivity contribution >= 4 is 42.1 Å². The van der Waals surface area contributed by atoms with Crippen molar-refractivity contribution in [2.45, 2.75) is 82.2 Å². The van der Waals surface area contributed by atoms with Gasteiger partial charge in [0.25, 0.3) is 0 Å². The third kappa shape index (κ3) is 8.40. The molecule has 7 heteroatoms. The van der Waals surface area contributed by atoms with E-state index in [-0.39, 0.29) is 35.9 Å². The molecule has 0 aromatic carbocycles. The van der Waals surface area contributed by atoms with E-state index in [2.05, 4.69) is 46.2 Å². The molecule has 4 radical (unpaired) electrons. The standard InChI is InChI=1S/C13H24BO2P.C11H22BOP/c1-13(2)15-11-9(6-7-17(3,4)5)8-10(14)12(11)16-13;1-8-10(12)7-9(11(8)13)5-6-14(2,3)4/h9-12H,3,6-8H2,1-2,4-5H3;8-11,13H,2,5-7H2,1,3-4H3. The van der Waals surface area contributed by atoms with Crippen molar-refractivity contribution in [2.75, 3.05) is 39.0 Å². The van der Waals surface area contributed by atoms with Crippen LogP contribution in [0.1, 0.15) is 46.5 Å². The molecule has 0 bridgehead atoms. The Morgan fingerprint density at radius 1 is 0.871 bits per heavy atom. The van der Waals surface area contributed by atoms with Gasteiger partial charge in [-0.15, -0.1) is 26.4 Å². The molecule has 0 spiro atoms. The molecule has 3 fully saturated rings. The Kier molecular flexibility index (Phi) is 9.41. The Hall–Kier alpha value is 0.610. The lowest BCUT2D eigenvalue weighted by Crippen LogP contribution is -2.25. The molecule has 1 saturated heterocycles. The number of fused-ring (bicyclic) bond motifs is 1. The zero-order chi connectivity index (χ0) is 23.8. The van der Waals surface area contributed by atoms with E-state index in [1.807, 2.05) is 13.8 Å². The van der Waals surface area contributed by atoms with Gasteiger partial charge in [0.2, 0.25) is 0 Å². The fraction of sp³-hybridized carbons (Fsp3) is 0.917. The highest BCUT2D eigenvalue weighted by atomic mass is 31.2. The highest BCUT2D eigenvalue weighted by Crippen LogP contribution is 2.49. The van der Waals surface area contributed by atoms with Crippen molar-refractivity contribution in [3.63, 3.8) is 0 Å². The number of rotatable bonds is 6. The second-order valence-corrected chi connectivity index (χ2v) is 20.8. The first-order valence-electron chi connectivity index (χ1n) is 11.9. The molecule has 0 aromatic rings. The van der Waals surface area contributed by atoms with E-state index in [0.717, 1.165) is 19.3 Å². The summed E-state index contributed by atoms with van der Waals surface area (Å²) in [6.45, 7) is 13.2. The minimum atomic E-state index is -0.944. The molecule has 2 aliphatic carbocycles. The first-order chi connectivity index (χ1) is 14.0. The maximum atomic E-state index is 9.94. The first kappa shape index (κ1) is 27.9. The molecule has 2 saturated carbocycles. The van der Waals surface area contributed by atoms with E-state index in [9.17, 15) is 5.11 Å². The molecule has 8 atom stereocenters. The van der Waals surface area contributed by atoms with Crippen LogP contribution in [0.3, 0.4) is 0 Å². The molecule has 3 rings (SSSR count). The van der Waals surface area contributed by atoms with Crippen molar-refractivity contribution in [3.05, 3.63) is 0 Å². The number of aliphatic hydroxyl groups excluding tert-OH is 1. The molecule has 8 unspecified atom stereocenters. The summed E-state index contributed by atoms with van der Waals surface area (Å²) in [5.74, 6) is 1.12. The van der Waals surface area contributed by atoms with E-state index in [1.165, 1.54) is 18.7 Å². The van der Waals surface area contributed by atoms with E-state index < -0.39 is 19.6 Å². The van der Waals surface area contributed by atoms with Crippen LogP contribution in [0, 0.1) is 17.8 Å². The molecule has 176 valence electrons. The van der Waals surface area contributed by atoms with Gasteiger partial charge in [0, 0.05) is 0 Å². The summed E-state index contributed by atoms with van der Waals surface area (Å²) in [6, 6.07) is 0. The Morgan fingerprint density at radius 2 is 1.32 bits per heavy atom. The van der Waals surface area contributed by atoms with Crippen LogP contribution in [-0.4, -0.2) is 96.5 Å². The Balaban J connectivity index is 0.000000225. The van der Waals surface area contributed by atoms with E-state index in [0.29, 0.717) is 11.8 Å². The van der Waals surface area contributed by atoms with Gasteiger partial charge in [-0.1, -0.05) is 25.6 Å². The highest BCUT2D eigenvalue weighted by Gasteiger charge is 2.51. The Morgan fingerprint density at radius 3 is 1.77 bits per heavy atom. The molecule has 3 aliphatic rings. The minimum absolute atomic E-state index is 0.0984. The van der Waals surface area contributed by atoms with Crippen LogP contribution >= 0.6 is 13.8 Å². The predicted octanol–water partition coefficient (Wildman–Crippen LogP) is 4.64. The maximum absolute atomic E-state index is 9.94. The fourth-order valence-corrected chi connectivity index (χ4v) is 7.18. The van der Waals surface area contributed by atoms with Crippen LogP contribution in [0.15, 0.2) is 0 Å². The summed E-state index contributed by atoms with van der Waals surface area (Å²) in [4.78, 5) is 0. The largest absolute Gasteiger partial charge is 0.393 e. The summed E-state index contributed by atoms with van der Waals surface area (Å²) in [7, 11) is 12.1. The topological polar surface area (TPSA) is 38.7 Å². The van der Waals surface area contributed by atoms with Crippen molar-refractivity contribution in [1.29, 1.82) is 0 Å². The number of hydrogen-bond acceptors (Lipinski definition) is 3. The van der Waals surface area contributed by atoms with E-state index >= 15 is 0 Å². The summed E-state index contributed by atoms with van der Waals surface area (Å²) in [6.07, 6.45) is 15.3. The normalized spacial score (nSPS) is 39.7. The van der Waals surface area contributed by atoms with Crippen molar-refractivity contribution in [1.82, 2.24) is 0 Å². The van der Waals surface area contributed by atoms with Gasteiger partial charge in [0.1, 0.15) is 0 Å². The molecular weight excluding hydrogens is 420 g/mol. The van der Waals surface area contributed by atoms with Crippen LogP contribution in [-0.2, 0) is 9.47 Å². The zero-order valence-corrected chi connectivity index (χ0v) is 22.9. The predicted molar refractivity (Wildman–Crippen MR) is 145 cm³/mol. The Labute approximate surface area is 195 Å². The second-order valence-electron chi connectivity index (χ2n) is 12.1. The lowest BCUT2D eigenvalue weighted by atomic mass is 9.79. The van der Waals surface area contributed by atoms with Crippen LogP contribution in [0.25, 0.3) is 0 Å². The van der Waals surface area contributed by atoms with Crippen LogP contribution < -0.4 is 0 Å². The van der Waals surface area contributed by atoms with E-state index in [1.54, 1.807) is 0 Å². The van der Waals surface area contributed by atoms with Gasteiger partial charge in [-0.2, -0.15) is 0 Å². The van der Waals surface area contributed by atoms with Gasteiger partial charge in [-0.25, -0.2) is 0 Å². The lowest BCUT2D eigenvalue weighted by Gasteiger charge is -2.24. The van der Waals surface area contributed by atoms with Crippen LogP contribution in [0.2, 0.25) is 11.6 Å². The monoisotopic (exact) mass is 466 g/mol. The van der Waals surface area contributed by atoms with Crippen molar-refractivity contribution in [2.24, 2.45) is 17.8 Å². The lowest BCUT2D eigenvalue weighted by molar-refractivity contribution is -0.156. The minimum Gasteiger partial charge on any atom is -0.393 e. The zero-order valence-electron chi connectivity index (χ0n) is 21.1. The first-order valence-corrected chi connectivity index (χ1v) is 18.0. The summed E-state index contributed by atoms with van der Waals surface area (Å²) in [5.41, 5.74) is 0. The molecule has 3 nitrogen and oxygen atoms in total. The Bertz CT molecular complexity index is 686. The average Bonchev–Trinajstić information content (AvgIpc) is 3.16. The summed E-state index contributed by atoms with van der Waals surface area (Å²) < 4.78 is 11.9. The second kappa shape index (κ2) is 10.5.